The van der Waals surface area contributed by atoms with Crippen molar-refractivity contribution in [3.63, 3.8) is 0 Å². The Morgan fingerprint density at radius 3 is 2.12 bits per heavy atom. The van der Waals surface area contributed by atoms with E-state index in [1.807, 2.05) is 36.4 Å². The van der Waals surface area contributed by atoms with Crippen LogP contribution in [0.25, 0.3) is 0 Å². The van der Waals surface area contributed by atoms with E-state index in [1.165, 1.54) is 0 Å². The van der Waals surface area contributed by atoms with Gasteiger partial charge in [0.1, 0.15) is 11.5 Å². The summed E-state index contributed by atoms with van der Waals surface area (Å²) in [6, 6.07) is 11.5. The Bertz CT molecular complexity index is 997. The second-order valence-electron chi connectivity index (χ2n) is 8.17. The molecule has 0 radical (unpaired) electrons. The van der Waals surface area contributed by atoms with Crippen LogP contribution in [0.5, 0.6) is 23.0 Å². The van der Waals surface area contributed by atoms with Crippen LogP contribution in [0.15, 0.2) is 41.5 Å². The van der Waals surface area contributed by atoms with E-state index in [-0.39, 0.29) is 17.7 Å². The van der Waals surface area contributed by atoms with E-state index in [2.05, 4.69) is 0 Å². The van der Waals surface area contributed by atoms with E-state index in [4.69, 9.17) is 24.0 Å². The van der Waals surface area contributed by atoms with E-state index >= 15 is 0 Å². The van der Waals surface area contributed by atoms with Crippen molar-refractivity contribution in [3.8, 4) is 23.0 Å². The van der Waals surface area contributed by atoms with E-state index in [0.29, 0.717) is 29.5 Å². The van der Waals surface area contributed by atoms with Crippen LogP contribution in [0.1, 0.15) is 36.8 Å². The second kappa shape index (κ2) is 9.51. The van der Waals surface area contributed by atoms with Gasteiger partial charge < -0.3 is 18.9 Å². The number of carbonyl (C=O) groups is 1. The maximum Gasteiger partial charge on any atom is 0.246 e. The Hall–Kier alpha value is -3.22. The Kier molecular flexibility index (Phi) is 6.53. The molecule has 2 aliphatic rings. The zero-order valence-electron chi connectivity index (χ0n) is 19.1. The fraction of sp³-hybridized carbons (Fsp3) is 0.440. The fourth-order valence-electron chi connectivity index (χ4n) is 4.71. The lowest BCUT2D eigenvalue weighted by atomic mass is 9.73. The number of hydrazone groups is 1. The molecule has 4 rings (SSSR count). The first-order chi connectivity index (χ1) is 15.6. The number of benzene rings is 2. The van der Waals surface area contributed by atoms with Gasteiger partial charge in [0, 0.05) is 23.5 Å². The van der Waals surface area contributed by atoms with Crippen LogP contribution in [-0.2, 0) is 11.3 Å². The summed E-state index contributed by atoms with van der Waals surface area (Å²) in [6.45, 7) is 0.354. The minimum absolute atomic E-state index is 0.0585. The van der Waals surface area contributed by atoms with Gasteiger partial charge in [-0.05, 0) is 48.7 Å². The number of rotatable bonds is 7. The largest absolute Gasteiger partial charge is 0.497 e. The summed E-state index contributed by atoms with van der Waals surface area (Å²) in [6.07, 6.45) is 4.01. The van der Waals surface area contributed by atoms with Gasteiger partial charge in [-0.1, -0.05) is 12.8 Å². The zero-order chi connectivity index (χ0) is 22.7. The first-order valence-electron chi connectivity index (χ1n) is 10.9. The number of ether oxygens (including phenoxy) is 4. The first kappa shape index (κ1) is 22.0. The highest BCUT2D eigenvalue weighted by Crippen LogP contribution is 2.39. The SMILES string of the molecule is COc1cc(CN2N=C(c3ccc(OC)c(OC)c3)C3CCCCC3C2=O)cc(OC)c1. The van der Waals surface area contributed by atoms with Crippen molar-refractivity contribution >= 4 is 11.6 Å². The van der Waals surface area contributed by atoms with Crippen LogP contribution in [0.3, 0.4) is 0 Å². The lowest BCUT2D eigenvalue weighted by molar-refractivity contribution is -0.139. The predicted molar refractivity (Wildman–Crippen MR) is 122 cm³/mol. The molecule has 1 aliphatic carbocycles. The molecule has 1 heterocycles. The number of hydrogen-bond donors (Lipinski definition) is 0. The third-order valence-corrected chi connectivity index (χ3v) is 6.34. The van der Waals surface area contributed by atoms with Crippen molar-refractivity contribution in [2.45, 2.75) is 32.2 Å². The van der Waals surface area contributed by atoms with Gasteiger partial charge in [0.15, 0.2) is 11.5 Å². The number of nitrogens with zero attached hydrogens (tertiary/aromatic N) is 2. The molecular formula is C25H30N2O5. The lowest BCUT2D eigenvalue weighted by Gasteiger charge is -2.38. The van der Waals surface area contributed by atoms with Gasteiger partial charge in [-0.15, -0.1) is 0 Å². The molecule has 1 amide bonds. The van der Waals surface area contributed by atoms with E-state index in [9.17, 15) is 4.79 Å². The highest BCUT2D eigenvalue weighted by atomic mass is 16.5. The molecule has 170 valence electrons. The molecule has 1 fully saturated rings. The van der Waals surface area contributed by atoms with Crippen molar-refractivity contribution in [2.24, 2.45) is 16.9 Å². The normalized spacial score (nSPS) is 20.3. The third-order valence-electron chi connectivity index (χ3n) is 6.34. The number of hydrogen-bond acceptors (Lipinski definition) is 6. The number of fused-ring (bicyclic) bond motifs is 1. The minimum Gasteiger partial charge on any atom is -0.497 e. The smallest absolute Gasteiger partial charge is 0.246 e. The fourth-order valence-corrected chi connectivity index (χ4v) is 4.71. The van der Waals surface area contributed by atoms with Crippen LogP contribution in [-0.4, -0.2) is 45.1 Å². The molecule has 2 aromatic rings. The maximum absolute atomic E-state index is 13.4. The molecule has 0 saturated heterocycles. The molecule has 1 saturated carbocycles. The van der Waals surface area contributed by atoms with Crippen LogP contribution in [0, 0.1) is 11.8 Å². The molecule has 0 aromatic heterocycles. The second-order valence-corrected chi connectivity index (χ2v) is 8.17. The Labute approximate surface area is 188 Å². The number of amides is 1. The summed E-state index contributed by atoms with van der Waals surface area (Å²) < 4.78 is 21.7. The summed E-state index contributed by atoms with van der Waals surface area (Å²) in [4.78, 5) is 13.4. The van der Waals surface area contributed by atoms with Crippen molar-refractivity contribution < 1.29 is 23.7 Å². The van der Waals surface area contributed by atoms with Gasteiger partial charge in [-0.25, -0.2) is 5.01 Å². The third kappa shape index (κ3) is 4.24. The maximum atomic E-state index is 13.4. The molecule has 1 aliphatic heterocycles. The van der Waals surface area contributed by atoms with Gasteiger partial charge in [-0.2, -0.15) is 5.10 Å². The van der Waals surface area contributed by atoms with Gasteiger partial charge in [0.2, 0.25) is 5.91 Å². The zero-order valence-corrected chi connectivity index (χ0v) is 19.1. The summed E-state index contributed by atoms with van der Waals surface area (Å²) in [5.74, 6) is 2.83. The number of carbonyl (C=O) groups excluding carboxylic acids is 1. The van der Waals surface area contributed by atoms with Crippen LogP contribution >= 0.6 is 0 Å². The first-order valence-corrected chi connectivity index (χ1v) is 10.9. The van der Waals surface area contributed by atoms with E-state index < -0.39 is 0 Å². The standard InChI is InChI=1S/C25H30N2O5/c1-29-18-11-16(12-19(14-18)30-2)15-27-25(28)21-8-6-5-7-20(21)24(26-27)17-9-10-22(31-3)23(13-17)32-4/h9-14,20-21H,5-8,15H2,1-4H3. The van der Waals surface area contributed by atoms with Gasteiger partial charge in [0.05, 0.1) is 40.7 Å². The summed E-state index contributed by atoms with van der Waals surface area (Å²) >= 11 is 0. The predicted octanol–water partition coefficient (Wildman–Crippen LogP) is 4.27. The summed E-state index contributed by atoms with van der Waals surface area (Å²) in [5.41, 5.74) is 2.80. The Morgan fingerprint density at radius 2 is 1.50 bits per heavy atom. The van der Waals surface area contributed by atoms with E-state index in [1.54, 1.807) is 33.4 Å². The molecule has 2 atom stereocenters. The van der Waals surface area contributed by atoms with Crippen LogP contribution in [0.2, 0.25) is 0 Å². The topological polar surface area (TPSA) is 69.6 Å². The monoisotopic (exact) mass is 438 g/mol. The van der Waals surface area contributed by atoms with Crippen molar-refractivity contribution in [3.05, 3.63) is 47.5 Å². The van der Waals surface area contributed by atoms with Crippen LogP contribution < -0.4 is 18.9 Å². The summed E-state index contributed by atoms with van der Waals surface area (Å²) in [5, 5.41) is 6.48. The molecule has 7 nitrogen and oxygen atoms in total. The minimum atomic E-state index is -0.0585. The molecule has 2 unspecified atom stereocenters. The molecule has 0 bridgehead atoms. The van der Waals surface area contributed by atoms with Crippen molar-refractivity contribution in [1.29, 1.82) is 0 Å². The van der Waals surface area contributed by atoms with Crippen molar-refractivity contribution in [1.82, 2.24) is 5.01 Å². The Morgan fingerprint density at radius 1 is 0.844 bits per heavy atom. The van der Waals surface area contributed by atoms with Crippen LogP contribution in [0.4, 0.5) is 0 Å². The molecule has 32 heavy (non-hydrogen) atoms. The Balaban J connectivity index is 1.73. The van der Waals surface area contributed by atoms with Gasteiger partial charge in [-0.3, -0.25) is 4.79 Å². The lowest BCUT2D eigenvalue weighted by Crippen LogP contribution is -2.45. The average Bonchev–Trinajstić information content (AvgIpc) is 2.85. The molecule has 7 heteroatoms. The molecular weight excluding hydrogens is 408 g/mol. The van der Waals surface area contributed by atoms with Gasteiger partial charge in [0.25, 0.3) is 0 Å². The van der Waals surface area contributed by atoms with E-state index in [0.717, 1.165) is 42.5 Å². The highest BCUT2D eigenvalue weighted by Gasteiger charge is 2.41. The van der Waals surface area contributed by atoms with Crippen molar-refractivity contribution in [2.75, 3.05) is 28.4 Å². The number of methoxy groups -OCH3 is 4. The molecule has 0 N–H and O–H groups in total. The summed E-state index contributed by atoms with van der Waals surface area (Å²) in [7, 11) is 6.48. The quantitative estimate of drug-likeness (QED) is 0.646. The average molecular weight is 439 g/mol. The highest BCUT2D eigenvalue weighted by molar-refractivity contribution is 6.07. The van der Waals surface area contributed by atoms with Gasteiger partial charge >= 0.3 is 0 Å². The molecule has 2 aromatic carbocycles. The molecule has 0 spiro atoms.